The quantitative estimate of drug-likeness (QED) is 0.508. The van der Waals surface area contributed by atoms with Crippen molar-refractivity contribution in [1.82, 2.24) is 0 Å². The Morgan fingerprint density at radius 3 is 1.33 bits per heavy atom. The molecule has 0 amide bonds. The van der Waals surface area contributed by atoms with Crippen molar-refractivity contribution in [3.05, 3.63) is 89.0 Å². The second-order valence-corrected chi connectivity index (χ2v) is 6.02. The molecule has 3 aromatic carbocycles. The molecule has 4 heteroatoms. The minimum Gasteiger partial charge on any atom is -0.508 e. The molecule has 0 aliphatic rings. The summed E-state index contributed by atoms with van der Waals surface area (Å²) in [6, 6.07) is 19.8. The highest BCUT2D eigenvalue weighted by atomic mass is 16.3. The Labute approximate surface area is 161 Å². The van der Waals surface area contributed by atoms with Crippen molar-refractivity contribution >= 4 is 6.79 Å². The lowest BCUT2D eigenvalue weighted by Gasteiger charge is -1.95. The molecule has 0 radical (unpaired) electrons. The van der Waals surface area contributed by atoms with Gasteiger partial charge >= 0.3 is 0 Å². The van der Waals surface area contributed by atoms with Crippen molar-refractivity contribution < 1.29 is 20.1 Å². The first-order chi connectivity index (χ1) is 12.8. The number of phenols is 3. The summed E-state index contributed by atoms with van der Waals surface area (Å²) in [4.78, 5) is 8.00. The summed E-state index contributed by atoms with van der Waals surface area (Å²) < 4.78 is 0. The lowest BCUT2D eigenvalue weighted by molar-refractivity contribution is -0.0980. The van der Waals surface area contributed by atoms with Crippen molar-refractivity contribution in [2.24, 2.45) is 0 Å². The average Bonchev–Trinajstić information content (AvgIpc) is 2.59. The van der Waals surface area contributed by atoms with Crippen LogP contribution in [0.5, 0.6) is 17.2 Å². The van der Waals surface area contributed by atoms with Gasteiger partial charge in [-0.3, -0.25) is 0 Å². The standard InChI is InChI=1S/C8H10O.2C7H8O.CH2O/c1-6-3-7(2)5-8(9)4-6;1-6-2-4-7(8)5-3-6;1-6-3-2-4-7(8)5-6;1-2/h3-5,9H,1-2H3;2*2-5,8H,1H3;1H2. The van der Waals surface area contributed by atoms with Crippen LogP contribution in [0.2, 0.25) is 0 Å². The minimum absolute atomic E-state index is 0.329. The predicted molar refractivity (Wildman–Crippen MR) is 110 cm³/mol. The number of carbonyl (C=O) groups excluding carboxylic acids is 1. The van der Waals surface area contributed by atoms with E-state index in [1.807, 2.05) is 64.8 Å². The number of hydrogen-bond acceptors (Lipinski definition) is 4. The Kier molecular flexibility index (Phi) is 11.4. The van der Waals surface area contributed by atoms with Crippen molar-refractivity contribution in [3.63, 3.8) is 0 Å². The van der Waals surface area contributed by atoms with E-state index in [1.54, 1.807) is 36.4 Å². The van der Waals surface area contributed by atoms with Crippen molar-refractivity contribution in [1.29, 1.82) is 0 Å². The average molecular weight is 368 g/mol. The van der Waals surface area contributed by atoms with Gasteiger partial charge in [-0.15, -0.1) is 0 Å². The molecule has 0 unspecified atom stereocenters. The van der Waals surface area contributed by atoms with Gasteiger partial charge in [-0.2, -0.15) is 0 Å². The van der Waals surface area contributed by atoms with E-state index < -0.39 is 0 Å². The molecule has 0 saturated heterocycles. The zero-order valence-corrected chi connectivity index (χ0v) is 16.3. The summed E-state index contributed by atoms with van der Waals surface area (Å²) in [7, 11) is 0. The van der Waals surface area contributed by atoms with Crippen LogP contribution >= 0.6 is 0 Å². The highest BCUT2D eigenvalue weighted by Crippen LogP contribution is 2.13. The summed E-state index contributed by atoms with van der Waals surface area (Å²) in [6.07, 6.45) is 0. The van der Waals surface area contributed by atoms with Gasteiger partial charge in [0.2, 0.25) is 0 Å². The first-order valence-corrected chi connectivity index (χ1v) is 8.33. The van der Waals surface area contributed by atoms with Crippen LogP contribution in [0.1, 0.15) is 22.3 Å². The Morgan fingerprint density at radius 2 is 1.00 bits per heavy atom. The molecule has 0 aromatic heterocycles. The van der Waals surface area contributed by atoms with E-state index in [1.165, 1.54) is 5.56 Å². The molecule has 144 valence electrons. The fourth-order valence-electron chi connectivity index (χ4n) is 2.12. The van der Waals surface area contributed by atoms with Gasteiger partial charge in [0.15, 0.2) is 0 Å². The zero-order valence-electron chi connectivity index (χ0n) is 16.3. The zero-order chi connectivity index (χ0) is 20.8. The summed E-state index contributed by atoms with van der Waals surface area (Å²) in [5.41, 5.74) is 4.47. The minimum atomic E-state index is 0.329. The molecule has 27 heavy (non-hydrogen) atoms. The fourth-order valence-corrected chi connectivity index (χ4v) is 2.12. The van der Waals surface area contributed by atoms with Gasteiger partial charge in [0, 0.05) is 0 Å². The molecule has 0 bridgehead atoms. The summed E-state index contributed by atoms with van der Waals surface area (Å²) in [6.45, 7) is 9.86. The maximum Gasteiger partial charge on any atom is 0.116 e. The molecular formula is C23H28O4. The van der Waals surface area contributed by atoms with E-state index in [4.69, 9.17) is 20.1 Å². The third kappa shape index (κ3) is 11.8. The van der Waals surface area contributed by atoms with Crippen LogP contribution in [0.4, 0.5) is 0 Å². The maximum absolute atomic E-state index is 8.99. The summed E-state index contributed by atoms with van der Waals surface area (Å²) in [5, 5.41) is 26.6. The molecule has 3 N–H and O–H groups in total. The van der Waals surface area contributed by atoms with Crippen LogP contribution in [0.3, 0.4) is 0 Å². The number of carbonyl (C=O) groups is 1. The van der Waals surface area contributed by atoms with Crippen LogP contribution in [0, 0.1) is 27.7 Å². The second-order valence-electron chi connectivity index (χ2n) is 6.02. The Morgan fingerprint density at radius 1 is 0.519 bits per heavy atom. The molecule has 0 saturated carbocycles. The number of phenolic OH excluding ortho intramolecular Hbond substituents is 3. The van der Waals surface area contributed by atoms with E-state index in [0.717, 1.165) is 16.7 Å². The smallest absolute Gasteiger partial charge is 0.116 e. The molecule has 0 aliphatic carbocycles. The van der Waals surface area contributed by atoms with Crippen molar-refractivity contribution in [3.8, 4) is 17.2 Å². The number of aryl methyl sites for hydroxylation is 4. The molecule has 0 fully saturated rings. The molecule has 0 atom stereocenters. The Balaban J connectivity index is 0.000000359. The molecule has 0 heterocycles. The van der Waals surface area contributed by atoms with Crippen molar-refractivity contribution in [2.75, 3.05) is 0 Å². The highest BCUT2D eigenvalue weighted by molar-refractivity contribution is 5.31. The fraction of sp³-hybridized carbons (Fsp3) is 0.174. The van der Waals surface area contributed by atoms with Gasteiger partial charge in [0.25, 0.3) is 0 Å². The molecule has 0 aliphatic heterocycles. The van der Waals surface area contributed by atoms with E-state index in [0.29, 0.717) is 17.2 Å². The van der Waals surface area contributed by atoms with Crippen LogP contribution in [0.15, 0.2) is 66.7 Å². The Bertz CT molecular complexity index is 707. The number of hydrogen-bond donors (Lipinski definition) is 3. The predicted octanol–water partition coefficient (Wildman–Crippen LogP) is 5.23. The van der Waals surface area contributed by atoms with Gasteiger partial charge in [-0.25, -0.2) is 0 Å². The first kappa shape index (κ1) is 23.7. The van der Waals surface area contributed by atoms with Gasteiger partial charge in [-0.1, -0.05) is 35.9 Å². The second kappa shape index (κ2) is 13.0. The van der Waals surface area contributed by atoms with E-state index in [9.17, 15) is 0 Å². The maximum atomic E-state index is 8.99. The first-order valence-electron chi connectivity index (χ1n) is 8.33. The largest absolute Gasteiger partial charge is 0.508 e. The van der Waals surface area contributed by atoms with Crippen molar-refractivity contribution in [2.45, 2.75) is 27.7 Å². The molecule has 3 aromatic rings. The van der Waals surface area contributed by atoms with E-state index >= 15 is 0 Å². The van der Waals surface area contributed by atoms with Gasteiger partial charge in [0.1, 0.15) is 24.0 Å². The van der Waals surface area contributed by atoms with E-state index in [-0.39, 0.29) is 0 Å². The number of aromatic hydroxyl groups is 3. The van der Waals surface area contributed by atoms with Crippen LogP contribution in [-0.4, -0.2) is 22.1 Å². The van der Waals surface area contributed by atoms with Crippen LogP contribution < -0.4 is 0 Å². The summed E-state index contributed by atoms with van der Waals surface area (Å²) in [5.74, 6) is 1.02. The number of rotatable bonds is 0. The lowest BCUT2D eigenvalue weighted by Crippen LogP contribution is -1.74. The van der Waals surface area contributed by atoms with Gasteiger partial charge in [0.05, 0.1) is 0 Å². The Hall–Kier alpha value is -3.27. The lowest BCUT2D eigenvalue weighted by atomic mass is 10.1. The van der Waals surface area contributed by atoms with Gasteiger partial charge < -0.3 is 20.1 Å². The molecule has 3 rings (SSSR count). The third-order valence-electron chi connectivity index (χ3n) is 3.24. The highest BCUT2D eigenvalue weighted by Gasteiger charge is 1.89. The number of benzene rings is 3. The van der Waals surface area contributed by atoms with E-state index in [2.05, 4.69) is 0 Å². The topological polar surface area (TPSA) is 77.8 Å². The SMILES string of the molecule is C=O.Cc1cc(C)cc(O)c1.Cc1ccc(O)cc1.Cc1cccc(O)c1. The molecular weight excluding hydrogens is 340 g/mol. The van der Waals surface area contributed by atoms with Gasteiger partial charge in [-0.05, 0) is 80.8 Å². The molecule has 0 spiro atoms. The normalized spacial score (nSPS) is 8.74. The third-order valence-corrected chi connectivity index (χ3v) is 3.24. The molecule has 4 nitrogen and oxygen atoms in total. The van der Waals surface area contributed by atoms with Crippen LogP contribution in [0.25, 0.3) is 0 Å². The monoisotopic (exact) mass is 368 g/mol. The van der Waals surface area contributed by atoms with Crippen LogP contribution in [-0.2, 0) is 4.79 Å². The summed E-state index contributed by atoms with van der Waals surface area (Å²) >= 11 is 0.